The quantitative estimate of drug-likeness (QED) is 0.395. The molecule has 0 amide bonds. The van der Waals surface area contributed by atoms with E-state index in [4.69, 9.17) is 5.73 Å². The fourth-order valence-electron chi connectivity index (χ4n) is 0.527. The molecule has 14 heavy (non-hydrogen) atoms. The first-order valence-electron chi connectivity index (χ1n) is 3.37. The van der Waals surface area contributed by atoms with Crippen molar-refractivity contribution in [1.82, 2.24) is 0 Å². The summed E-state index contributed by atoms with van der Waals surface area (Å²) >= 11 is 0. The first-order chi connectivity index (χ1) is 5.85. The zero-order valence-corrected chi connectivity index (χ0v) is 9.46. The number of ketones is 1. The van der Waals surface area contributed by atoms with Crippen LogP contribution in [0.2, 0.25) is 0 Å². The van der Waals surface area contributed by atoms with E-state index in [0.717, 1.165) is 0 Å². The standard InChI is InChI=1S/C6H10NO5S.Ag/c1-13(10,11)12-6(9)3-2-5(8)4-7;/h1-4,7H2;/q-1;+1. The minimum Gasteiger partial charge on any atom is -0.368 e. The second-order valence-electron chi connectivity index (χ2n) is 2.26. The topological polar surface area (TPSA) is 104 Å². The fraction of sp³-hybridized carbons (Fsp3) is 0.500. The van der Waals surface area contributed by atoms with Crippen LogP contribution < -0.4 is 5.73 Å². The van der Waals surface area contributed by atoms with E-state index in [2.05, 4.69) is 10.4 Å². The second kappa shape index (κ2) is 7.13. The molecule has 86 valence electrons. The van der Waals surface area contributed by atoms with Crippen molar-refractivity contribution in [1.29, 1.82) is 0 Å². The molecular formula is C6H10AgNO5S. The van der Waals surface area contributed by atoms with Crippen LogP contribution in [0.15, 0.2) is 0 Å². The summed E-state index contributed by atoms with van der Waals surface area (Å²) < 4.78 is 24.4. The molecule has 0 spiro atoms. The van der Waals surface area contributed by atoms with Crippen molar-refractivity contribution < 1.29 is 44.6 Å². The van der Waals surface area contributed by atoms with Crippen molar-refractivity contribution in [2.24, 2.45) is 5.73 Å². The first-order valence-corrected chi connectivity index (χ1v) is 4.95. The Kier molecular flexibility index (Phi) is 8.27. The van der Waals surface area contributed by atoms with Gasteiger partial charge in [-0.2, -0.15) is 6.26 Å². The largest absolute Gasteiger partial charge is 1.00 e. The van der Waals surface area contributed by atoms with Crippen molar-refractivity contribution in [3.05, 3.63) is 6.26 Å². The summed E-state index contributed by atoms with van der Waals surface area (Å²) in [5, 5.41) is 0. The molecule has 0 radical (unpaired) electrons. The maximum Gasteiger partial charge on any atom is 1.00 e. The van der Waals surface area contributed by atoms with E-state index >= 15 is 0 Å². The van der Waals surface area contributed by atoms with E-state index in [1.54, 1.807) is 0 Å². The molecule has 0 aliphatic carbocycles. The molecule has 0 aromatic heterocycles. The van der Waals surface area contributed by atoms with Crippen molar-refractivity contribution in [3.8, 4) is 0 Å². The predicted molar refractivity (Wildman–Crippen MR) is 43.7 cm³/mol. The van der Waals surface area contributed by atoms with E-state index in [0.29, 0.717) is 0 Å². The smallest absolute Gasteiger partial charge is 0.368 e. The Bertz CT molecular complexity index is 299. The van der Waals surface area contributed by atoms with Crippen LogP contribution >= 0.6 is 0 Å². The van der Waals surface area contributed by atoms with Gasteiger partial charge in [-0.05, 0) is 0 Å². The zero-order chi connectivity index (χ0) is 10.5. The summed E-state index contributed by atoms with van der Waals surface area (Å²) in [7, 11) is -4.02. The Morgan fingerprint density at radius 2 is 1.79 bits per heavy atom. The van der Waals surface area contributed by atoms with Gasteiger partial charge in [0.1, 0.15) is 5.78 Å². The van der Waals surface area contributed by atoms with Crippen LogP contribution in [0.3, 0.4) is 0 Å². The van der Waals surface area contributed by atoms with E-state index < -0.39 is 16.1 Å². The Balaban J connectivity index is 0. The van der Waals surface area contributed by atoms with Crippen LogP contribution in [0.5, 0.6) is 0 Å². The van der Waals surface area contributed by atoms with Gasteiger partial charge in [0.2, 0.25) is 0 Å². The van der Waals surface area contributed by atoms with E-state index in [-0.39, 0.29) is 47.5 Å². The zero-order valence-electron chi connectivity index (χ0n) is 7.16. The molecule has 0 bridgehead atoms. The minimum absolute atomic E-state index is 0. The fourth-order valence-corrected chi connectivity index (χ4v) is 0.893. The first kappa shape index (κ1) is 16.2. The van der Waals surface area contributed by atoms with Gasteiger partial charge in [0.15, 0.2) is 10.1 Å². The van der Waals surface area contributed by atoms with Crippen LogP contribution in [0.25, 0.3) is 0 Å². The molecule has 0 saturated carbocycles. The number of rotatable bonds is 5. The number of carbonyl (C=O) groups excluding carboxylic acids is 2. The Hall–Kier alpha value is -0.210. The molecule has 0 fully saturated rings. The maximum absolute atomic E-state index is 10.6. The molecular weight excluding hydrogens is 306 g/mol. The monoisotopic (exact) mass is 315 g/mol. The van der Waals surface area contributed by atoms with Gasteiger partial charge >= 0.3 is 28.3 Å². The van der Waals surface area contributed by atoms with Crippen LogP contribution in [0.1, 0.15) is 12.8 Å². The minimum atomic E-state index is -4.02. The van der Waals surface area contributed by atoms with E-state index in [9.17, 15) is 18.0 Å². The second-order valence-corrected chi connectivity index (χ2v) is 3.54. The van der Waals surface area contributed by atoms with Crippen LogP contribution in [-0.4, -0.2) is 26.7 Å². The molecule has 0 aromatic carbocycles. The third-order valence-electron chi connectivity index (χ3n) is 1.06. The van der Waals surface area contributed by atoms with Crippen LogP contribution in [0.4, 0.5) is 0 Å². The predicted octanol–water partition coefficient (Wildman–Crippen LogP) is -1.04. The number of carbonyl (C=O) groups is 2. The Morgan fingerprint density at radius 3 is 2.14 bits per heavy atom. The Morgan fingerprint density at radius 1 is 1.29 bits per heavy atom. The summed E-state index contributed by atoms with van der Waals surface area (Å²) in [6.45, 7) is -0.176. The van der Waals surface area contributed by atoms with Crippen molar-refractivity contribution in [3.63, 3.8) is 0 Å². The maximum atomic E-state index is 10.6. The molecule has 0 unspecified atom stereocenters. The molecule has 8 heteroatoms. The summed E-state index contributed by atoms with van der Waals surface area (Å²) in [5.41, 5.74) is 4.95. The van der Waals surface area contributed by atoms with Crippen LogP contribution in [0, 0.1) is 6.26 Å². The number of hydrogen-bond acceptors (Lipinski definition) is 6. The molecule has 0 aliphatic heterocycles. The third kappa shape index (κ3) is 9.88. The summed E-state index contributed by atoms with van der Waals surface area (Å²) in [5.74, 6) is -1.34. The number of Topliss-reactive ketones (excluding diaryl/α,β-unsaturated/α-hetero) is 1. The third-order valence-corrected chi connectivity index (χ3v) is 1.50. The summed E-state index contributed by atoms with van der Waals surface area (Å²) in [6.07, 6.45) is 2.16. The van der Waals surface area contributed by atoms with Gasteiger partial charge < -0.3 is 9.92 Å². The molecule has 0 rings (SSSR count). The average Bonchev–Trinajstić information content (AvgIpc) is 1.97. The van der Waals surface area contributed by atoms with Crippen molar-refractivity contribution in [2.45, 2.75) is 12.8 Å². The van der Waals surface area contributed by atoms with Gasteiger partial charge in [0.05, 0.1) is 13.0 Å². The molecule has 0 aliphatic rings. The number of nitrogens with two attached hydrogens (primary N) is 1. The summed E-state index contributed by atoms with van der Waals surface area (Å²) in [6, 6.07) is 0. The molecule has 2 N–H and O–H groups in total. The van der Waals surface area contributed by atoms with Crippen molar-refractivity contribution >= 4 is 21.9 Å². The van der Waals surface area contributed by atoms with Gasteiger partial charge in [-0.1, -0.05) is 0 Å². The normalized spacial score (nSPS) is 10.1. The molecule has 0 atom stereocenters. The molecule has 6 nitrogen and oxygen atoms in total. The van der Waals surface area contributed by atoms with Gasteiger partial charge in [-0.25, -0.2) is 8.42 Å². The summed E-state index contributed by atoms with van der Waals surface area (Å²) in [4.78, 5) is 21.2. The van der Waals surface area contributed by atoms with Gasteiger partial charge in [-0.3, -0.25) is 9.59 Å². The van der Waals surface area contributed by atoms with E-state index in [1.165, 1.54) is 0 Å². The van der Waals surface area contributed by atoms with Gasteiger partial charge in [0, 0.05) is 6.42 Å². The molecule has 0 heterocycles. The van der Waals surface area contributed by atoms with Gasteiger partial charge in [-0.15, -0.1) is 0 Å². The molecule has 0 saturated heterocycles. The van der Waals surface area contributed by atoms with Crippen molar-refractivity contribution in [2.75, 3.05) is 6.54 Å². The Labute approximate surface area is 97.8 Å². The van der Waals surface area contributed by atoms with Crippen LogP contribution in [-0.2, 0) is 46.3 Å². The van der Waals surface area contributed by atoms with E-state index in [1.807, 2.05) is 0 Å². The average molecular weight is 316 g/mol. The SMILES string of the molecule is [Ag+].[CH2-]S(=O)(=O)OC(=O)CCC(=O)CN. The van der Waals surface area contributed by atoms with Gasteiger partial charge in [0.25, 0.3) is 0 Å². The number of hydrogen-bond donors (Lipinski definition) is 1. The molecule has 0 aromatic rings.